The van der Waals surface area contributed by atoms with Crippen molar-refractivity contribution in [2.75, 3.05) is 26.2 Å². The molecule has 5 nitrogen and oxygen atoms in total. The van der Waals surface area contributed by atoms with Gasteiger partial charge in [-0.25, -0.2) is 12.7 Å². The third kappa shape index (κ3) is 5.17. The highest BCUT2D eigenvalue weighted by molar-refractivity contribution is 7.88. The standard InChI is InChI=1S/C19H26Cl2N2O3S/c1-14-4-8-22(9-5-14)19(24)16-6-10-23(11-7-16)27(25,26)13-15-2-3-17(20)18(21)12-15/h2-3,12,14,16H,4-11,13H2,1H3. The minimum Gasteiger partial charge on any atom is -0.342 e. The molecule has 0 saturated carbocycles. The summed E-state index contributed by atoms with van der Waals surface area (Å²) >= 11 is 11.9. The van der Waals surface area contributed by atoms with Crippen LogP contribution in [0.15, 0.2) is 18.2 Å². The molecule has 8 heteroatoms. The molecule has 1 amide bonds. The van der Waals surface area contributed by atoms with Crippen LogP contribution in [0.3, 0.4) is 0 Å². The summed E-state index contributed by atoms with van der Waals surface area (Å²) in [4.78, 5) is 14.7. The molecular weight excluding hydrogens is 407 g/mol. The van der Waals surface area contributed by atoms with E-state index in [9.17, 15) is 13.2 Å². The van der Waals surface area contributed by atoms with Crippen LogP contribution in [0, 0.1) is 11.8 Å². The summed E-state index contributed by atoms with van der Waals surface area (Å²) in [6, 6.07) is 4.88. The van der Waals surface area contributed by atoms with Crippen LogP contribution in [-0.2, 0) is 20.6 Å². The second-order valence-electron chi connectivity index (χ2n) is 7.69. The number of amides is 1. The Morgan fingerprint density at radius 3 is 2.26 bits per heavy atom. The van der Waals surface area contributed by atoms with Gasteiger partial charge in [-0.3, -0.25) is 4.79 Å². The highest BCUT2D eigenvalue weighted by Crippen LogP contribution is 2.27. The zero-order chi connectivity index (χ0) is 19.6. The van der Waals surface area contributed by atoms with Gasteiger partial charge in [0.15, 0.2) is 0 Å². The second kappa shape index (κ2) is 8.68. The van der Waals surface area contributed by atoms with Crippen LogP contribution in [0.1, 0.15) is 38.2 Å². The van der Waals surface area contributed by atoms with E-state index < -0.39 is 10.0 Å². The molecular formula is C19H26Cl2N2O3S. The van der Waals surface area contributed by atoms with Gasteiger partial charge in [0.05, 0.1) is 15.8 Å². The topological polar surface area (TPSA) is 57.7 Å². The van der Waals surface area contributed by atoms with E-state index in [-0.39, 0.29) is 17.6 Å². The van der Waals surface area contributed by atoms with Gasteiger partial charge in [0.25, 0.3) is 0 Å². The summed E-state index contributed by atoms with van der Waals surface area (Å²) in [6.45, 7) is 4.67. The maximum atomic E-state index is 12.7. The molecule has 1 aromatic rings. The molecule has 2 fully saturated rings. The van der Waals surface area contributed by atoms with Crippen molar-refractivity contribution < 1.29 is 13.2 Å². The van der Waals surface area contributed by atoms with Crippen LogP contribution < -0.4 is 0 Å². The number of likely N-dealkylation sites (tertiary alicyclic amines) is 1. The molecule has 27 heavy (non-hydrogen) atoms. The summed E-state index contributed by atoms with van der Waals surface area (Å²) in [5.74, 6) is 0.715. The molecule has 0 unspecified atom stereocenters. The highest BCUT2D eigenvalue weighted by atomic mass is 35.5. The molecule has 2 aliphatic heterocycles. The van der Waals surface area contributed by atoms with Crippen molar-refractivity contribution >= 4 is 39.1 Å². The predicted octanol–water partition coefficient (Wildman–Crippen LogP) is 3.79. The Morgan fingerprint density at radius 1 is 1.04 bits per heavy atom. The first-order valence-electron chi connectivity index (χ1n) is 9.47. The SMILES string of the molecule is CC1CCN(C(=O)C2CCN(S(=O)(=O)Cc3ccc(Cl)c(Cl)c3)CC2)CC1. The lowest BCUT2D eigenvalue weighted by atomic mass is 9.93. The Hall–Kier alpha value is -0.820. The Labute approximate surface area is 171 Å². The summed E-state index contributed by atoms with van der Waals surface area (Å²) in [5.41, 5.74) is 0.616. The normalized spacial score (nSPS) is 20.8. The van der Waals surface area contributed by atoms with E-state index in [0.29, 0.717) is 47.5 Å². The van der Waals surface area contributed by atoms with Crippen LogP contribution in [-0.4, -0.2) is 49.7 Å². The number of sulfonamides is 1. The lowest BCUT2D eigenvalue weighted by molar-refractivity contribution is -0.138. The lowest BCUT2D eigenvalue weighted by Gasteiger charge is -2.36. The van der Waals surface area contributed by atoms with Crippen molar-refractivity contribution in [3.8, 4) is 0 Å². The van der Waals surface area contributed by atoms with Crippen molar-refractivity contribution in [2.45, 2.75) is 38.4 Å². The van der Waals surface area contributed by atoms with Crippen LogP contribution >= 0.6 is 23.2 Å². The monoisotopic (exact) mass is 432 g/mol. The zero-order valence-corrected chi connectivity index (χ0v) is 17.9. The largest absolute Gasteiger partial charge is 0.342 e. The molecule has 150 valence electrons. The van der Waals surface area contributed by atoms with Crippen molar-refractivity contribution in [3.05, 3.63) is 33.8 Å². The fraction of sp³-hybridized carbons (Fsp3) is 0.632. The molecule has 0 radical (unpaired) electrons. The average molecular weight is 433 g/mol. The Kier molecular flexibility index (Phi) is 6.72. The minimum absolute atomic E-state index is 0.0603. The van der Waals surface area contributed by atoms with Crippen LogP contribution in [0.4, 0.5) is 0 Å². The second-order valence-corrected chi connectivity index (χ2v) is 10.5. The molecule has 2 aliphatic rings. The molecule has 0 spiro atoms. The van der Waals surface area contributed by atoms with Gasteiger partial charge in [0, 0.05) is 32.1 Å². The Balaban J connectivity index is 1.56. The smallest absolute Gasteiger partial charge is 0.225 e. The molecule has 0 aliphatic carbocycles. The Bertz CT molecular complexity index is 784. The number of hydrogen-bond acceptors (Lipinski definition) is 3. The van der Waals surface area contributed by atoms with E-state index in [4.69, 9.17) is 23.2 Å². The molecule has 0 aromatic heterocycles. The third-order valence-corrected chi connectivity index (χ3v) is 8.21. The first-order chi connectivity index (χ1) is 12.8. The van der Waals surface area contributed by atoms with E-state index in [0.717, 1.165) is 25.9 Å². The van der Waals surface area contributed by atoms with Gasteiger partial charge in [-0.2, -0.15) is 0 Å². The molecule has 0 N–H and O–H groups in total. The number of nitrogens with zero attached hydrogens (tertiary/aromatic N) is 2. The van der Waals surface area contributed by atoms with Gasteiger partial charge in [-0.15, -0.1) is 0 Å². The highest BCUT2D eigenvalue weighted by Gasteiger charge is 2.33. The fourth-order valence-electron chi connectivity index (χ4n) is 3.80. The fourth-order valence-corrected chi connectivity index (χ4v) is 5.67. The Morgan fingerprint density at radius 2 is 1.67 bits per heavy atom. The first-order valence-corrected chi connectivity index (χ1v) is 11.8. The number of carbonyl (C=O) groups excluding carboxylic acids is 1. The number of rotatable bonds is 4. The number of hydrogen-bond donors (Lipinski definition) is 0. The van der Waals surface area contributed by atoms with Crippen molar-refractivity contribution in [2.24, 2.45) is 11.8 Å². The van der Waals surface area contributed by atoms with Crippen molar-refractivity contribution in [1.29, 1.82) is 0 Å². The molecule has 2 saturated heterocycles. The van der Waals surface area contributed by atoms with Crippen molar-refractivity contribution in [1.82, 2.24) is 9.21 Å². The molecule has 1 aromatic carbocycles. The van der Waals surface area contributed by atoms with E-state index >= 15 is 0 Å². The number of carbonyl (C=O) groups is 1. The van der Waals surface area contributed by atoms with Crippen LogP contribution in [0.25, 0.3) is 0 Å². The lowest BCUT2D eigenvalue weighted by Crippen LogP contribution is -2.46. The van der Waals surface area contributed by atoms with Gasteiger partial charge >= 0.3 is 0 Å². The van der Waals surface area contributed by atoms with Gasteiger partial charge in [-0.1, -0.05) is 36.2 Å². The van der Waals surface area contributed by atoms with Gasteiger partial charge in [0.1, 0.15) is 0 Å². The molecule has 0 atom stereocenters. The van der Waals surface area contributed by atoms with E-state index in [1.807, 2.05) is 4.90 Å². The number of halogens is 2. The minimum atomic E-state index is -3.44. The van der Waals surface area contributed by atoms with Gasteiger partial charge in [0.2, 0.25) is 15.9 Å². The van der Waals surface area contributed by atoms with E-state index in [2.05, 4.69) is 6.92 Å². The summed E-state index contributed by atoms with van der Waals surface area (Å²) < 4.78 is 26.9. The van der Waals surface area contributed by atoms with Gasteiger partial charge < -0.3 is 4.90 Å². The number of piperidine rings is 2. The third-order valence-electron chi connectivity index (χ3n) is 5.62. The molecule has 3 rings (SSSR count). The quantitative estimate of drug-likeness (QED) is 0.726. The predicted molar refractivity (Wildman–Crippen MR) is 108 cm³/mol. The number of benzene rings is 1. The summed E-state index contributed by atoms with van der Waals surface area (Å²) in [7, 11) is -3.44. The van der Waals surface area contributed by atoms with Crippen molar-refractivity contribution in [3.63, 3.8) is 0 Å². The van der Waals surface area contributed by atoms with Crippen LogP contribution in [0.5, 0.6) is 0 Å². The average Bonchev–Trinajstić information content (AvgIpc) is 2.65. The maximum absolute atomic E-state index is 12.7. The van der Waals surface area contributed by atoms with Gasteiger partial charge in [-0.05, 0) is 49.3 Å². The van der Waals surface area contributed by atoms with Crippen LogP contribution in [0.2, 0.25) is 10.0 Å². The molecule has 2 heterocycles. The summed E-state index contributed by atoms with van der Waals surface area (Å²) in [5, 5.41) is 0.758. The zero-order valence-electron chi connectivity index (χ0n) is 15.5. The maximum Gasteiger partial charge on any atom is 0.225 e. The summed E-state index contributed by atoms with van der Waals surface area (Å²) in [6.07, 6.45) is 3.29. The molecule has 0 bridgehead atoms. The van der Waals surface area contributed by atoms with E-state index in [1.54, 1.807) is 18.2 Å². The van der Waals surface area contributed by atoms with E-state index in [1.165, 1.54) is 4.31 Å². The first kappa shape index (κ1) is 20.9.